The maximum Gasteiger partial charge on any atom is 0.239 e. The molecular formula is C17H21N3O4S. The average molecular weight is 363 g/mol. The highest BCUT2D eigenvalue weighted by Gasteiger charge is 2.08. The molecule has 0 unspecified atom stereocenters. The molecular weight excluding hydrogens is 342 g/mol. The summed E-state index contributed by atoms with van der Waals surface area (Å²) in [4.78, 5) is 23.5. The fourth-order valence-electron chi connectivity index (χ4n) is 2.53. The van der Waals surface area contributed by atoms with Crippen molar-refractivity contribution in [2.45, 2.75) is 31.7 Å². The Morgan fingerprint density at radius 3 is 2.20 bits per heavy atom. The maximum atomic E-state index is 12.1. The fourth-order valence-corrected chi connectivity index (χ4v) is 3.04. The minimum atomic E-state index is -3.69. The van der Waals surface area contributed by atoms with E-state index in [9.17, 15) is 18.0 Å². The highest BCUT2D eigenvalue weighted by atomic mass is 32.2. The van der Waals surface area contributed by atoms with Gasteiger partial charge in [-0.15, -0.1) is 0 Å². The van der Waals surface area contributed by atoms with Crippen molar-refractivity contribution in [3.8, 4) is 0 Å². The third kappa shape index (κ3) is 5.27. The smallest absolute Gasteiger partial charge is 0.239 e. The number of carbonyl (C=O) groups is 1. The van der Waals surface area contributed by atoms with Crippen molar-refractivity contribution in [3.63, 3.8) is 0 Å². The number of primary sulfonamides is 1. The van der Waals surface area contributed by atoms with Crippen molar-refractivity contribution in [3.05, 3.63) is 63.6 Å². The molecule has 2 rings (SSSR count). The number of nitrogens with one attached hydrogen (secondary N) is 1. The third-order valence-corrected chi connectivity index (χ3v) is 4.77. The second-order valence-electron chi connectivity index (χ2n) is 5.85. The standard InChI is InChI=1S/C17H21N3O4S/c1-12-9-15(21)10-13(2)20(12)11-17(22)19-8-7-14-3-5-16(6-4-14)25(18,23)24/h3-6,9-10H,7-8,11H2,1-2H3,(H,19,22)(H2,18,23,24). The predicted octanol–water partition coefficient (Wildman–Crippen LogP) is 0.471. The number of carbonyl (C=O) groups excluding carboxylic acids is 1. The predicted molar refractivity (Wildman–Crippen MR) is 94.7 cm³/mol. The second-order valence-corrected chi connectivity index (χ2v) is 7.41. The van der Waals surface area contributed by atoms with Crippen molar-refractivity contribution in [1.82, 2.24) is 9.88 Å². The number of sulfonamides is 1. The van der Waals surface area contributed by atoms with Crippen LogP contribution < -0.4 is 15.9 Å². The number of rotatable bonds is 6. The number of aryl methyl sites for hydroxylation is 2. The quantitative estimate of drug-likeness (QED) is 0.777. The zero-order chi connectivity index (χ0) is 18.6. The molecule has 0 radical (unpaired) electrons. The topological polar surface area (TPSA) is 111 Å². The first-order valence-corrected chi connectivity index (χ1v) is 9.28. The highest BCUT2D eigenvalue weighted by Crippen LogP contribution is 2.09. The summed E-state index contributed by atoms with van der Waals surface area (Å²) in [5.74, 6) is -0.156. The molecule has 0 fully saturated rings. The van der Waals surface area contributed by atoms with E-state index in [0.717, 1.165) is 17.0 Å². The monoisotopic (exact) mass is 363 g/mol. The van der Waals surface area contributed by atoms with Crippen LogP contribution in [-0.4, -0.2) is 25.4 Å². The van der Waals surface area contributed by atoms with E-state index in [1.165, 1.54) is 24.3 Å². The van der Waals surface area contributed by atoms with Gasteiger partial charge in [0.05, 0.1) is 4.90 Å². The SMILES string of the molecule is Cc1cc(=O)cc(C)n1CC(=O)NCCc1ccc(S(N)(=O)=O)cc1. The van der Waals surface area contributed by atoms with Gasteiger partial charge in [0.15, 0.2) is 5.43 Å². The van der Waals surface area contributed by atoms with Crippen LogP contribution >= 0.6 is 0 Å². The average Bonchev–Trinajstić information content (AvgIpc) is 2.50. The Morgan fingerprint density at radius 1 is 1.12 bits per heavy atom. The van der Waals surface area contributed by atoms with Gasteiger partial charge < -0.3 is 9.88 Å². The minimum absolute atomic E-state index is 0.0597. The van der Waals surface area contributed by atoms with E-state index in [2.05, 4.69) is 5.32 Å². The number of nitrogens with two attached hydrogens (primary N) is 1. The van der Waals surface area contributed by atoms with Crippen molar-refractivity contribution in [1.29, 1.82) is 0 Å². The zero-order valence-corrected chi connectivity index (χ0v) is 15.0. The molecule has 0 aliphatic rings. The summed E-state index contributed by atoms with van der Waals surface area (Å²) in [6.45, 7) is 4.14. The van der Waals surface area contributed by atoms with Gasteiger partial charge in [-0.1, -0.05) is 12.1 Å². The maximum absolute atomic E-state index is 12.1. The minimum Gasteiger partial charge on any atom is -0.354 e. The lowest BCUT2D eigenvalue weighted by Crippen LogP contribution is -2.31. The summed E-state index contributed by atoms with van der Waals surface area (Å²) in [6.07, 6.45) is 0.568. The van der Waals surface area contributed by atoms with E-state index in [1.807, 2.05) is 0 Å². The lowest BCUT2D eigenvalue weighted by Gasteiger charge is -2.14. The lowest BCUT2D eigenvalue weighted by molar-refractivity contribution is -0.121. The molecule has 25 heavy (non-hydrogen) atoms. The van der Waals surface area contributed by atoms with Gasteiger partial charge in [-0.25, -0.2) is 13.6 Å². The van der Waals surface area contributed by atoms with Crippen LogP contribution in [0.1, 0.15) is 17.0 Å². The summed E-state index contributed by atoms with van der Waals surface area (Å²) in [5, 5.41) is 7.86. The molecule has 1 amide bonds. The van der Waals surface area contributed by atoms with Crippen LogP contribution in [0.15, 0.2) is 46.1 Å². The Morgan fingerprint density at radius 2 is 1.68 bits per heavy atom. The van der Waals surface area contributed by atoms with Crippen molar-refractivity contribution in [2.75, 3.05) is 6.54 Å². The van der Waals surface area contributed by atoms with Gasteiger partial charge in [0.25, 0.3) is 0 Å². The van der Waals surface area contributed by atoms with Gasteiger partial charge in [-0.05, 0) is 38.0 Å². The highest BCUT2D eigenvalue weighted by molar-refractivity contribution is 7.89. The summed E-state index contributed by atoms with van der Waals surface area (Å²) < 4.78 is 24.2. The molecule has 1 aromatic heterocycles. The van der Waals surface area contributed by atoms with Gasteiger partial charge in [-0.3, -0.25) is 9.59 Å². The molecule has 3 N–H and O–H groups in total. The molecule has 0 bridgehead atoms. The molecule has 8 heteroatoms. The second kappa shape index (κ2) is 7.62. The first-order chi connectivity index (χ1) is 11.7. The molecule has 0 aliphatic carbocycles. The Labute approximate surface area is 146 Å². The molecule has 2 aromatic rings. The fraction of sp³-hybridized carbons (Fsp3) is 0.294. The number of benzene rings is 1. The Hall–Kier alpha value is -2.45. The van der Waals surface area contributed by atoms with E-state index in [0.29, 0.717) is 13.0 Å². The third-order valence-electron chi connectivity index (χ3n) is 3.84. The van der Waals surface area contributed by atoms with Crippen molar-refractivity contribution in [2.24, 2.45) is 5.14 Å². The number of hydrogen-bond acceptors (Lipinski definition) is 4. The Bertz CT molecular complexity index is 905. The van der Waals surface area contributed by atoms with Gasteiger partial charge >= 0.3 is 0 Å². The van der Waals surface area contributed by atoms with Gasteiger partial charge in [0.1, 0.15) is 6.54 Å². The first-order valence-electron chi connectivity index (χ1n) is 7.73. The van der Waals surface area contributed by atoms with E-state index in [1.54, 1.807) is 30.5 Å². The number of pyridine rings is 1. The van der Waals surface area contributed by atoms with Crippen molar-refractivity contribution >= 4 is 15.9 Å². The van der Waals surface area contributed by atoms with Crippen LogP contribution in [0.25, 0.3) is 0 Å². The number of hydrogen-bond donors (Lipinski definition) is 2. The summed E-state index contributed by atoms with van der Waals surface area (Å²) in [5.41, 5.74) is 2.29. The van der Waals surface area contributed by atoms with E-state index in [-0.39, 0.29) is 22.8 Å². The largest absolute Gasteiger partial charge is 0.354 e. The van der Waals surface area contributed by atoms with Crippen LogP contribution in [0.2, 0.25) is 0 Å². The molecule has 0 saturated carbocycles. The number of aromatic nitrogens is 1. The van der Waals surface area contributed by atoms with Crippen molar-refractivity contribution < 1.29 is 13.2 Å². The van der Waals surface area contributed by atoms with Gasteiger partial charge in [0, 0.05) is 30.1 Å². The molecule has 134 valence electrons. The van der Waals surface area contributed by atoms with E-state index in [4.69, 9.17) is 5.14 Å². The first kappa shape index (κ1) is 18.9. The molecule has 1 aromatic carbocycles. The van der Waals surface area contributed by atoms with Gasteiger partial charge in [0.2, 0.25) is 15.9 Å². The number of amides is 1. The zero-order valence-electron chi connectivity index (χ0n) is 14.2. The summed E-state index contributed by atoms with van der Waals surface area (Å²) in [6, 6.07) is 9.21. The Kier molecular flexibility index (Phi) is 5.76. The lowest BCUT2D eigenvalue weighted by atomic mass is 10.1. The molecule has 1 heterocycles. The molecule has 0 atom stereocenters. The van der Waals surface area contributed by atoms with Crippen LogP contribution in [0.3, 0.4) is 0 Å². The van der Waals surface area contributed by atoms with Crippen LogP contribution in [0.5, 0.6) is 0 Å². The van der Waals surface area contributed by atoms with Crippen LogP contribution in [0.4, 0.5) is 0 Å². The van der Waals surface area contributed by atoms with E-state index >= 15 is 0 Å². The molecule has 7 nitrogen and oxygen atoms in total. The summed E-state index contributed by atoms with van der Waals surface area (Å²) in [7, 11) is -3.69. The molecule has 0 aliphatic heterocycles. The number of nitrogens with zero attached hydrogens (tertiary/aromatic N) is 1. The van der Waals surface area contributed by atoms with Crippen LogP contribution in [-0.2, 0) is 27.8 Å². The molecule has 0 saturated heterocycles. The van der Waals surface area contributed by atoms with Crippen LogP contribution in [0, 0.1) is 13.8 Å². The molecule has 0 spiro atoms. The summed E-state index contributed by atoms with van der Waals surface area (Å²) >= 11 is 0. The normalized spacial score (nSPS) is 11.3. The Balaban J connectivity index is 1.90. The van der Waals surface area contributed by atoms with E-state index < -0.39 is 10.0 Å². The van der Waals surface area contributed by atoms with Gasteiger partial charge in [-0.2, -0.15) is 0 Å².